The Morgan fingerprint density at radius 3 is 2.41 bits per heavy atom. The summed E-state index contributed by atoms with van der Waals surface area (Å²) < 4.78 is 5.27. The highest BCUT2D eigenvalue weighted by Gasteiger charge is 2.20. The summed E-state index contributed by atoms with van der Waals surface area (Å²) in [5, 5.41) is 8.84. The van der Waals surface area contributed by atoms with Crippen molar-refractivity contribution >= 4 is 5.97 Å². The summed E-state index contributed by atoms with van der Waals surface area (Å²) in [4.78, 5) is 11.6. The van der Waals surface area contributed by atoms with E-state index in [1.807, 2.05) is 19.9 Å². The highest BCUT2D eigenvalue weighted by Crippen LogP contribution is 2.12. The minimum absolute atomic E-state index is 0.0629. The molecule has 0 aromatic carbocycles. The van der Waals surface area contributed by atoms with E-state index in [1.165, 1.54) is 19.3 Å². The number of hydrogen-bond acceptors (Lipinski definition) is 3. The largest absolute Gasteiger partial charge is 0.462 e. The summed E-state index contributed by atoms with van der Waals surface area (Å²) >= 11 is 0. The van der Waals surface area contributed by atoms with Crippen molar-refractivity contribution in [2.24, 2.45) is 5.92 Å². The Hall–Kier alpha value is -1.04. The van der Waals surface area contributed by atoms with Crippen LogP contribution in [0.25, 0.3) is 0 Å². The summed E-state index contributed by atoms with van der Waals surface area (Å²) in [5.74, 6) is -0.935. The summed E-state index contributed by atoms with van der Waals surface area (Å²) in [6.45, 7) is 6.04. The first-order chi connectivity index (χ1) is 8.15. The predicted molar refractivity (Wildman–Crippen MR) is 68.3 cm³/mol. The molecule has 0 saturated heterocycles. The molecule has 0 aliphatic carbocycles. The quantitative estimate of drug-likeness (QED) is 0.454. The van der Waals surface area contributed by atoms with Crippen molar-refractivity contribution in [3.63, 3.8) is 0 Å². The van der Waals surface area contributed by atoms with Crippen molar-refractivity contribution in [1.29, 1.82) is 5.26 Å². The van der Waals surface area contributed by atoms with E-state index in [4.69, 9.17) is 10.00 Å². The zero-order valence-corrected chi connectivity index (χ0v) is 11.4. The molecule has 0 N–H and O–H groups in total. The van der Waals surface area contributed by atoms with Crippen LogP contribution >= 0.6 is 0 Å². The highest BCUT2D eigenvalue weighted by molar-refractivity contribution is 5.75. The maximum Gasteiger partial charge on any atom is 0.323 e. The van der Waals surface area contributed by atoms with Crippen molar-refractivity contribution in [3.8, 4) is 6.07 Å². The van der Waals surface area contributed by atoms with Crippen LogP contribution in [0, 0.1) is 17.2 Å². The predicted octanol–water partition coefficient (Wildman–Crippen LogP) is 3.83. The lowest BCUT2D eigenvalue weighted by molar-refractivity contribution is -0.151. The van der Waals surface area contributed by atoms with E-state index in [1.54, 1.807) is 0 Å². The summed E-state index contributed by atoms with van der Waals surface area (Å²) in [6.07, 6.45) is 6.99. The van der Waals surface area contributed by atoms with Crippen LogP contribution in [-0.4, -0.2) is 12.1 Å². The fourth-order valence-electron chi connectivity index (χ4n) is 1.72. The first-order valence-corrected chi connectivity index (χ1v) is 6.75. The molecular weight excluding hydrogens is 214 g/mol. The third-order valence-electron chi connectivity index (χ3n) is 2.80. The minimum atomic E-state index is -0.585. The molecule has 0 bridgehead atoms. The number of nitrogens with zero attached hydrogens (tertiary/aromatic N) is 1. The van der Waals surface area contributed by atoms with Crippen molar-refractivity contribution in [1.82, 2.24) is 0 Å². The van der Waals surface area contributed by atoms with Crippen LogP contribution in [0.2, 0.25) is 0 Å². The molecule has 0 rings (SSSR count). The van der Waals surface area contributed by atoms with Gasteiger partial charge in [-0.3, -0.25) is 4.79 Å². The second kappa shape index (κ2) is 10.1. The second-order valence-electron chi connectivity index (χ2n) is 4.57. The van der Waals surface area contributed by atoms with E-state index >= 15 is 0 Å². The van der Waals surface area contributed by atoms with E-state index in [0.717, 1.165) is 19.3 Å². The molecule has 0 aliphatic heterocycles. The number of nitriles is 1. The van der Waals surface area contributed by atoms with Crippen molar-refractivity contribution < 1.29 is 9.53 Å². The van der Waals surface area contributed by atoms with Gasteiger partial charge in [0.2, 0.25) is 0 Å². The standard InChI is InChI=1S/C14H25NO2/c1-4-6-7-8-10-12(3)17-14(16)13(11-15)9-5-2/h12-13H,4-10H2,1-3H3. The third kappa shape index (κ3) is 7.79. The number of carbonyl (C=O) groups is 1. The van der Waals surface area contributed by atoms with Gasteiger partial charge in [-0.15, -0.1) is 0 Å². The van der Waals surface area contributed by atoms with Crippen LogP contribution in [0.15, 0.2) is 0 Å². The first-order valence-electron chi connectivity index (χ1n) is 6.75. The van der Waals surface area contributed by atoms with Gasteiger partial charge >= 0.3 is 5.97 Å². The van der Waals surface area contributed by atoms with Crippen molar-refractivity contribution in [2.45, 2.75) is 71.8 Å². The fourth-order valence-corrected chi connectivity index (χ4v) is 1.72. The van der Waals surface area contributed by atoms with Gasteiger partial charge in [0.25, 0.3) is 0 Å². The van der Waals surface area contributed by atoms with Gasteiger partial charge in [-0.2, -0.15) is 5.26 Å². The summed E-state index contributed by atoms with van der Waals surface area (Å²) in [7, 11) is 0. The maximum absolute atomic E-state index is 11.6. The summed E-state index contributed by atoms with van der Waals surface area (Å²) in [6, 6.07) is 2.01. The zero-order valence-electron chi connectivity index (χ0n) is 11.4. The highest BCUT2D eigenvalue weighted by atomic mass is 16.5. The van der Waals surface area contributed by atoms with Gasteiger partial charge in [0, 0.05) is 0 Å². The maximum atomic E-state index is 11.6. The SMILES string of the molecule is CCCCCCC(C)OC(=O)C(C#N)CCC. The van der Waals surface area contributed by atoms with Gasteiger partial charge in [0.15, 0.2) is 0 Å². The number of esters is 1. The van der Waals surface area contributed by atoms with Gasteiger partial charge in [-0.1, -0.05) is 39.5 Å². The molecule has 3 heteroatoms. The van der Waals surface area contributed by atoms with Gasteiger partial charge < -0.3 is 4.74 Å². The molecule has 2 atom stereocenters. The Labute approximate surface area is 105 Å². The average Bonchev–Trinajstić information content (AvgIpc) is 2.31. The number of carbonyl (C=O) groups excluding carboxylic acids is 1. The van der Waals surface area contributed by atoms with Crippen molar-refractivity contribution in [3.05, 3.63) is 0 Å². The van der Waals surface area contributed by atoms with E-state index in [2.05, 4.69) is 6.92 Å². The van der Waals surface area contributed by atoms with Crippen LogP contribution in [-0.2, 0) is 9.53 Å². The molecule has 0 amide bonds. The normalized spacial score (nSPS) is 13.8. The molecule has 0 heterocycles. The lowest BCUT2D eigenvalue weighted by atomic mass is 10.1. The molecule has 3 nitrogen and oxygen atoms in total. The van der Waals surface area contributed by atoms with Crippen LogP contribution in [0.5, 0.6) is 0 Å². The Morgan fingerprint density at radius 2 is 1.88 bits per heavy atom. The fraction of sp³-hybridized carbons (Fsp3) is 0.857. The first kappa shape index (κ1) is 16.0. The van der Waals surface area contributed by atoms with Gasteiger partial charge in [-0.25, -0.2) is 0 Å². The molecule has 0 fully saturated rings. The lowest BCUT2D eigenvalue weighted by Crippen LogP contribution is -2.21. The van der Waals surface area contributed by atoms with Crippen LogP contribution < -0.4 is 0 Å². The second-order valence-corrected chi connectivity index (χ2v) is 4.57. The molecule has 17 heavy (non-hydrogen) atoms. The molecule has 0 saturated carbocycles. The lowest BCUT2D eigenvalue weighted by Gasteiger charge is -2.15. The third-order valence-corrected chi connectivity index (χ3v) is 2.80. The Bertz CT molecular complexity index is 245. The Kier molecular flexibility index (Phi) is 9.52. The molecular formula is C14H25NO2. The van der Waals surface area contributed by atoms with Crippen molar-refractivity contribution in [2.75, 3.05) is 0 Å². The molecule has 0 radical (unpaired) electrons. The van der Waals surface area contributed by atoms with Gasteiger partial charge in [0.05, 0.1) is 12.2 Å². The van der Waals surface area contributed by atoms with E-state index in [-0.39, 0.29) is 12.1 Å². The Balaban J connectivity index is 3.82. The number of hydrogen-bond donors (Lipinski definition) is 0. The molecule has 0 aromatic heterocycles. The van der Waals surface area contributed by atoms with Gasteiger partial charge in [-0.05, 0) is 26.2 Å². The molecule has 0 aromatic rings. The molecule has 0 aliphatic rings. The number of ether oxygens (including phenoxy) is 1. The zero-order chi connectivity index (χ0) is 13.1. The van der Waals surface area contributed by atoms with Crippen LogP contribution in [0.4, 0.5) is 0 Å². The molecule has 98 valence electrons. The topological polar surface area (TPSA) is 50.1 Å². The number of rotatable bonds is 9. The molecule has 2 unspecified atom stereocenters. The summed E-state index contributed by atoms with van der Waals surface area (Å²) in [5.41, 5.74) is 0. The van der Waals surface area contributed by atoms with E-state index < -0.39 is 5.92 Å². The van der Waals surface area contributed by atoms with Crippen LogP contribution in [0.3, 0.4) is 0 Å². The van der Waals surface area contributed by atoms with Gasteiger partial charge in [0.1, 0.15) is 5.92 Å². The van der Waals surface area contributed by atoms with E-state index in [0.29, 0.717) is 6.42 Å². The van der Waals surface area contributed by atoms with E-state index in [9.17, 15) is 4.79 Å². The monoisotopic (exact) mass is 239 g/mol. The average molecular weight is 239 g/mol. The Morgan fingerprint density at radius 1 is 1.18 bits per heavy atom. The smallest absolute Gasteiger partial charge is 0.323 e. The minimum Gasteiger partial charge on any atom is -0.462 e. The van der Waals surface area contributed by atoms with Crippen LogP contribution in [0.1, 0.15) is 65.7 Å². The number of unbranched alkanes of at least 4 members (excludes halogenated alkanes) is 3. The molecule has 0 spiro atoms.